The zero-order chi connectivity index (χ0) is 25.9. The first-order valence-corrected chi connectivity index (χ1v) is 10.6. The van der Waals surface area contributed by atoms with Gasteiger partial charge in [0, 0.05) is 0 Å². The number of benzene rings is 3. The van der Waals surface area contributed by atoms with Crippen LogP contribution in [0, 0.1) is 0 Å². The second-order valence-corrected chi connectivity index (χ2v) is 7.31. The van der Waals surface area contributed by atoms with Crippen LogP contribution in [-0.4, -0.2) is 47.5 Å². The van der Waals surface area contributed by atoms with Gasteiger partial charge < -0.3 is 29.2 Å². The van der Waals surface area contributed by atoms with Crippen molar-refractivity contribution in [3.05, 3.63) is 108 Å². The van der Waals surface area contributed by atoms with Gasteiger partial charge in [-0.1, -0.05) is 91.0 Å². The lowest BCUT2D eigenvalue weighted by molar-refractivity contribution is -0.176. The van der Waals surface area contributed by atoms with Crippen molar-refractivity contribution in [3.8, 4) is 0 Å². The monoisotopic (exact) mass is 453 g/mol. The highest BCUT2D eigenvalue weighted by molar-refractivity contribution is 5.56. The fourth-order valence-electron chi connectivity index (χ4n) is 3.06. The van der Waals surface area contributed by atoms with Gasteiger partial charge in [-0.05, 0) is 16.7 Å². The molecule has 0 fully saturated rings. The van der Waals surface area contributed by atoms with E-state index >= 15 is 0 Å². The predicted molar refractivity (Wildman–Crippen MR) is 124 cm³/mol. The average Bonchev–Trinajstić information content (AvgIpc) is 2.94. The van der Waals surface area contributed by atoms with Crippen LogP contribution in [0.3, 0.4) is 0 Å². The molecule has 3 unspecified atom stereocenters. The molecule has 0 saturated heterocycles. The van der Waals surface area contributed by atoms with Crippen molar-refractivity contribution in [2.45, 2.75) is 44.2 Å². The lowest BCUT2D eigenvalue weighted by atomic mass is 10.0. The molecule has 3 aromatic rings. The predicted octanol–water partition coefficient (Wildman–Crippen LogP) is 3.29. The Kier molecular flexibility index (Phi) is 8.55. The fraction of sp³-hybridized carbons (Fsp3) is 0.296. The van der Waals surface area contributed by atoms with Crippen LogP contribution in [0.5, 0.6) is 0 Å². The molecule has 0 saturated carbocycles. The molecule has 0 heterocycles. The summed E-state index contributed by atoms with van der Waals surface area (Å²) in [6.07, 6.45) is -5.97. The smallest absolute Gasteiger partial charge is 0.151 e. The lowest BCUT2D eigenvalue weighted by Crippen LogP contribution is -2.49. The number of rotatable bonds is 14. The van der Waals surface area contributed by atoms with Crippen molar-refractivity contribution < 1.29 is 33.3 Å². The first kappa shape index (κ1) is 20.7. The van der Waals surface area contributed by atoms with E-state index in [1.807, 2.05) is 0 Å². The second kappa shape index (κ2) is 13.6. The maximum absolute atomic E-state index is 11.6. The molecule has 3 aromatic carbocycles. The summed E-state index contributed by atoms with van der Waals surface area (Å²) >= 11 is 0. The molecular formula is C27H30O6. The summed E-state index contributed by atoms with van der Waals surface area (Å²) in [7, 11) is 0. The van der Waals surface area contributed by atoms with Gasteiger partial charge in [-0.3, -0.25) is 0 Å². The highest BCUT2D eigenvalue weighted by Crippen LogP contribution is 2.18. The highest BCUT2D eigenvalue weighted by Gasteiger charge is 2.35. The standard InChI is InChI=1S/C27H30O6/c28-16-24(29)26(32-18-22-12-6-2-7-13-22)27(33-19-23-14-8-3-9-15-23)25(30)20-31-17-21-10-4-1-5-11-21/h1-16,24-27,29-30H,17-20H2/t24-,25-,26-,27-/m1/s1/i17D,18D,19D/t17?,18?,19?,24-,25-,26-,27-. The van der Waals surface area contributed by atoms with Crippen LogP contribution in [0.2, 0.25) is 0 Å². The molecule has 33 heavy (non-hydrogen) atoms. The van der Waals surface area contributed by atoms with Crippen molar-refractivity contribution in [3.63, 3.8) is 0 Å². The highest BCUT2D eigenvalue weighted by atomic mass is 16.6. The molecule has 6 nitrogen and oxygen atoms in total. The number of aliphatic hydroxyl groups excluding tert-OH is 2. The van der Waals surface area contributed by atoms with Crippen LogP contribution in [0.15, 0.2) is 91.0 Å². The Morgan fingerprint density at radius 1 is 0.697 bits per heavy atom. The van der Waals surface area contributed by atoms with E-state index in [0.717, 1.165) is 0 Å². The van der Waals surface area contributed by atoms with Crippen molar-refractivity contribution >= 4 is 6.29 Å². The van der Waals surface area contributed by atoms with E-state index in [0.29, 0.717) is 16.7 Å². The van der Waals surface area contributed by atoms with Crippen molar-refractivity contribution in [1.82, 2.24) is 0 Å². The molecule has 0 amide bonds. The maximum Gasteiger partial charge on any atom is 0.151 e. The molecule has 0 aliphatic rings. The Bertz CT molecular complexity index is 1030. The van der Waals surface area contributed by atoms with Gasteiger partial charge in [-0.2, -0.15) is 0 Å². The largest absolute Gasteiger partial charge is 0.388 e. The first-order chi connectivity index (χ1) is 17.4. The normalized spacial score (nSPS) is 19.0. The third-order valence-corrected chi connectivity index (χ3v) is 4.79. The van der Waals surface area contributed by atoms with Gasteiger partial charge in [-0.25, -0.2) is 0 Å². The summed E-state index contributed by atoms with van der Waals surface area (Å²) in [6.45, 7) is -4.11. The molecule has 6 heteroatoms. The summed E-state index contributed by atoms with van der Waals surface area (Å²) < 4.78 is 42.1. The Balaban J connectivity index is 1.82. The number of ether oxygens (including phenoxy) is 3. The molecule has 3 rings (SSSR count). The summed E-state index contributed by atoms with van der Waals surface area (Å²) in [5, 5.41) is 21.5. The van der Waals surface area contributed by atoms with E-state index in [2.05, 4.69) is 0 Å². The maximum atomic E-state index is 11.6. The van der Waals surface area contributed by atoms with Crippen LogP contribution in [-0.2, 0) is 38.8 Å². The van der Waals surface area contributed by atoms with E-state index in [1.54, 1.807) is 91.0 Å². The van der Waals surface area contributed by atoms with Gasteiger partial charge in [0.1, 0.15) is 24.4 Å². The van der Waals surface area contributed by atoms with Gasteiger partial charge in [0.25, 0.3) is 0 Å². The van der Waals surface area contributed by atoms with Crippen LogP contribution in [0.1, 0.15) is 20.8 Å². The van der Waals surface area contributed by atoms with E-state index in [9.17, 15) is 15.0 Å². The summed E-state index contributed by atoms with van der Waals surface area (Å²) in [4.78, 5) is 11.6. The Labute approximate surface area is 198 Å². The number of hydrogen-bond donors (Lipinski definition) is 2. The average molecular weight is 454 g/mol. The van der Waals surface area contributed by atoms with Crippen molar-refractivity contribution in [1.29, 1.82) is 0 Å². The molecule has 0 bridgehead atoms. The van der Waals surface area contributed by atoms with Gasteiger partial charge in [0.05, 0.1) is 30.5 Å². The number of carbonyl (C=O) groups excluding carboxylic acids is 1. The van der Waals surface area contributed by atoms with E-state index in [1.165, 1.54) is 0 Å². The van der Waals surface area contributed by atoms with Crippen LogP contribution < -0.4 is 0 Å². The minimum absolute atomic E-state index is 0.227. The van der Waals surface area contributed by atoms with E-state index < -0.39 is 50.8 Å². The van der Waals surface area contributed by atoms with Gasteiger partial charge in [0.2, 0.25) is 0 Å². The van der Waals surface area contributed by atoms with E-state index in [4.69, 9.17) is 18.3 Å². The fourth-order valence-corrected chi connectivity index (χ4v) is 3.06. The second-order valence-electron chi connectivity index (χ2n) is 7.31. The number of hydrogen-bond acceptors (Lipinski definition) is 6. The minimum Gasteiger partial charge on any atom is -0.388 e. The van der Waals surface area contributed by atoms with Crippen LogP contribution >= 0.6 is 0 Å². The molecule has 7 atom stereocenters. The first-order valence-electron chi connectivity index (χ1n) is 12.3. The number of carbonyl (C=O) groups is 1. The molecular weight excluding hydrogens is 420 g/mol. The topological polar surface area (TPSA) is 85.2 Å². The van der Waals surface area contributed by atoms with Crippen molar-refractivity contribution in [2.75, 3.05) is 6.61 Å². The summed E-state index contributed by atoms with van der Waals surface area (Å²) in [5.41, 5.74) is 1.51. The molecule has 0 radical (unpaired) electrons. The molecule has 174 valence electrons. The van der Waals surface area contributed by atoms with Crippen molar-refractivity contribution in [2.24, 2.45) is 0 Å². The number of aldehydes is 1. The summed E-state index contributed by atoms with van der Waals surface area (Å²) in [6, 6.07) is 25.8. The molecule has 0 aromatic heterocycles. The minimum atomic E-state index is -1.76. The van der Waals surface area contributed by atoms with Gasteiger partial charge >= 0.3 is 0 Å². The van der Waals surface area contributed by atoms with Gasteiger partial charge in [0.15, 0.2) is 6.29 Å². The SMILES string of the molecule is [2H]C(OC[C@@H](O)[C@@H](OC([2H])c1ccccc1)[C@H](OC([2H])c1ccccc1)[C@H](O)C=O)c1ccccc1. The third kappa shape index (κ3) is 8.20. The molecule has 2 N–H and O–H groups in total. The molecule has 0 aliphatic heterocycles. The quantitative estimate of drug-likeness (QED) is 0.365. The molecule has 0 spiro atoms. The Hall–Kier alpha value is -2.87. The van der Waals surface area contributed by atoms with E-state index in [-0.39, 0.29) is 6.29 Å². The Morgan fingerprint density at radius 2 is 1.12 bits per heavy atom. The zero-order valence-corrected chi connectivity index (χ0v) is 18.0. The third-order valence-electron chi connectivity index (χ3n) is 4.79. The number of aliphatic hydroxyl groups is 2. The molecule has 0 aliphatic carbocycles. The van der Waals surface area contributed by atoms with Crippen LogP contribution in [0.4, 0.5) is 0 Å². The van der Waals surface area contributed by atoms with Crippen LogP contribution in [0.25, 0.3) is 0 Å². The Morgan fingerprint density at radius 3 is 1.58 bits per heavy atom. The van der Waals surface area contributed by atoms with Gasteiger partial charge in [-0.15, -0.1) is 0 Å². The zero-order valence-electron chi connectivity index (χ0n) is 21.0. The summed E-state index contributed by atoms with van der Waals surface area (Å²) in [5.74, 6) is 0. The lowest BCUT2D eigenvalue weighted by Gasteiger charge is -2.32.